The number of aryl methyl sites for hydroxylation is 2. The van der Waals surface area contributed by atoms with Gasteiger partial charge in [0.2, 0.25) is 0 Å². The zero-order valence-electron chi connectivity index (χ0n) is 19.6. The molecule has 0 bridgehead atoms. The van der Waals surface area contributed by atoms with Crippen molar-refractivity contribution in [1.29, 1.82) is 0 Å². The van der Waals surface area contributed by atoms with Crippen LogP contribution in [0.15, 0.2) is 71.3 Å². The lowest BCUT2D eigenvalue weighted by Crippen LogP contribution is -2.33. The van der Waals surface area contributed by atoms with Gasteiger partial charge in [-0.3, -0.25) is 0 Å². The highest BCUT2D eigenvalue weighted by atomic mass is 79.9. The highest BCUT2D eigenvalue weighted by Crippen LogP contribution is 2.39. The van der Waals surface area contributed by atoms with Crippen LogP contribution in [-0.2, 0) is 6.54 Å². The molecular formula is C28H29BrN2O2. The molecule has 0 aliphatic heterocycles. The fourth-order valence-electron chi connectivity index (χ4n) is 4.34. The predicted molar refractivity (Wildman–Crippen MR) is 139 cm³/mol. The van der Waals surface area contributed by atoms with Gasteiger partial charge in [0.15, 0.2) is 0 Å². The van der Waals surface area contributed by atoms with Gasteiger partial charge in [-0.1, -0.05) is 63.5 Å². The van der Waals surface area contributed by atoms with Gasteiger partial charge in [0.1, 0.15) is 5.75 Å². The molecule has 0 unspecified atom stereocenters. The predicted octanol–water partition coefficient (Wildman–Crippen LogP) is 7.58. The van der Waals surface area contributed by atoms with Gasteiger partial charge in [0, 0.05) is 46.8 Å². The maximum Gasteiger partial charge on any atom is 0.415 e. The molecule has 4 aromatic rings. The zero-order chi connectivity index (χ0) is 23.5. The highest BCUT2D eigenvalue weighted by molar-refractivity contribution is 9.10. The van der Waals surface area contributed by atoms with Crippen molar-refractivity contribution in [2.24, 2.45) is 0 Å². The number of hydrogen-bond acceptors (Lipinski definition) is 2. The Balaban J connectivity index is 1.86. The van der Waals surface area contributed by atoms with Crippen molar-refractivity contribution in [2.45, 2.75) is 34.2 Å². The topological polar surface area (TPSA) is 34.5 Å². The molecule has 0 aliphatic carbocycles. The van der Waals surface area contributed by atoms with E-state index in [-0.39, 0.29) is 6.09 Å². The number of carbonyl (C=O) groups excluding carboxylic acids is 1. The van der Waals surface area contributed by atoms with E-state index in [1.807, 2.05) is 32.0 Å². The number of aromatic nitrogens is 1. The molecule has 33 heavy (non-hydrogen) atoms. The first kappa shape index (κ1) is 23.1. The molecule has 0 atom stereocenters. The van der Waals surface area contributed by atoms with Crippen LogP contribution in [-0.4, -0.2) is 28.6 Å². The molecule has 4 rings (SSSR count). The largest absolute Gasteiger partial charge is 0.415 e. The molecule has 1 aromatic heterocycles. The first-order valence-corrected chi connectivity index (χ1v) is 12.1. The summed E-state index contributed by atoms with van der Waals surface area (Å²) >= 11 is 3.66. The van der Waals surface area contributed by atoms with Gasteiger partial charge in [-0.05, 0) is 63.1 Å². The lowest BCUT2D eigenvalue weighted by atomic mass is 9.97. The molecule has 1 amide bonds. The Morgan fingerprint density at radius 3 is 2.33 bits per heavy atom. The van der Waals surface area contributed by atoms with Crippen molar-refractivity contribution >= 4 is 32.9 Å². The molecule has 0 radical (unpaired) electrons. The van der Waals surface area contributed by atoms with Gasteiger partial charge in [-0.2, -0.15) is 0 Å². The molecule has 3 aromatic carbocycles. The molecule has 170 valence electrons. The Kier molecular flexibility index (Phi) is 6.89. The third kappa shape index (κ3) is 4.83. The molecule has 0 aliphatic rings. The molecule has 0 saturated heterocycles. The van der Waals surface area contributed by atoms with Crippen molar-refractivity contribution < 1.29 is 9.53 Å². The highest BCUT2D eigenvalue weighted by Gasteiger charge is 2.19. The monoisotopic (exact) mass is 504 g/mol. The fourth-order valence-corrected chi connectivity index (χ4v) is 4.75. The Bertz CT molecular complexity index is 1280. The number of fused-ring (bicyclic) bond motifs is 1. The van der Waals surface area contributed by atoms with Crippen LogP contribution in [0.5, 0.6) is 5.75 Å². The van der Waals surface area contributed by atoms with Crippen LogP contribution in [0.2, 0.25) is 0 Å². The molecular weight excluding hydrogens is 476 g/mol. The van der Waals surface area contributed by atoms with Gasteiger partial charge in [0.05, 0.1) is 0 Å². The molecule has 0 saturated carbocycles. The second kappa shape index (κ2) is 9.84. The Hall–Kier alpha value is -3.05. The summed E-state index contributed by atoms with van der Waals surface area (Å²) in [5, 5.41) is 1.07. The van der Waals surface area contributed by atoms with E-state index >= 15 is 0 Å². The summed E-state index contributed by atoms with van der Waals surface area (Å²) < 4.78 is 9.27. The van der Waals surface area contributed by atoms with Crippen LogP contribution < -0.4 is 4.74 Å². The van der Waals surface area contributed by atoms with Crippen LogP contribution in [0.4, 0.5) is 4.79 Å². The minimum absolute atomic E-state index is 0.322. The first-order chi connectivity index (χ1) is 15.9. The zero-order valence-corrected chi connectivity index (χ0v) is 21.1. The number of halogens is 1. The molecule has 0 fully saturated rings. The molecule has 0 N–H and O–H groups in total. The summed E-state index contributed by atoms with van der Waals surface area (Å²) in [7, 11) is 0. The summed E-state index contributed by atoms with van der Waals surface area (Å²) in [6, 6.07) is 20.8. The maximum atomic E-state index is 12.8. The second-order valence-electron chi connectivity index (χ2n) is 8.32. The van der Waals surface area contributed by atoms with Crippen LogP contribution in [0.25, 0.3) is 22.0 Å². The van der Waals surface area contributed by atoms with E-state index in [1.165, 1.54) is 16.7 Å². The minimum atomic E-state index is -0.322. The van der Waals surface area contributed by atoms with Crippen molar-refractivity contribution in [1.82, 2.24) is 9.47 Å². The molecule has 4 nitrogen and oxygen atoms in total. The second-order valence-corrected chi connectivity index (χ2v) is 9.18. The van der Waals surface area contributed by atoms with E-state index in [9.17, 15) is 4.79 Å². The molecule has 1 heterocycles. The van der Waals surface area contributed by atoms with Gasteiger partial charge in [0.25, 0.3) is 0 Å². The van der Waals surface area contributed by atoms with E-state index in [0.717, 1.165) is 33.0 Å². The van der Waals surface area contributed by atoms with Gasteiger partial charge < -0.3 is 14.2 Å². The Morgan fingerprint density at radius 2 is 1.67 bits per heavy atom. The standard InChI is InChI=1S/C28H29BrN2O2/c1-5-30(6-2)28(32)33-26-12-11-25-23(27(26)22-16-19(3)15-20(4)17-22)13-14-31(25)18-21-9-7-8-10-24(21)29/h7-17H,5-6,18H2,1-4H3. The average molecular weight is 505 g/mol. The maximum absolute atomic E-state index is 12.8. The van der Waals surface area contributed by atoms with Gasteiger partial charge in [-0.15, -0.1) is 0 Å². The molecule has 0 spiro atoms. The number of benzene rings is 3. The first-order valence-electron chi connectivity index (χ1n) is 11.3. The average Bonchev–Trinajstić information content (AvgIpc) is 3.18. The third-order valence-electron chi connectivity index (χ3n) is 5.94. The number of nitrogens with zero attached hydrogens (tertiary/aromatic N) is 2. The Morgan fingerprint density at radius 1 is 0.970 bits per heavy atom. The number of carbonyl (C=O) groups is 1. The van der Waals surface area contributed by atoms with E-state index in [4.69, 9.17) is 4.74 Å². The summed E-state index contributed by atoms with van der Waals surface area (Å²) in [6.07, 6.45) is 1.78. The van der Waals surface area contributed by atoms with Crippen LogP contribution in [0.1, 0.15) is 30.5 Å². The summed E-state index contributed by atoms with van der Waals surface area (Å²) in [4.78, 5) is 14.5. The van der Waals surface area contributed by atoms with Crippen molar-refractivity contribution in [3.63, 3.8) is 0 Å². The number of ether oxygens (including phenoxy) is 1. The Labute approximate surface area is 203 Å². The summed E-state index contributed by atoms with van der Waals surface area (Å²) in [5.74, 6) is 0.586. The lowest BCUT2D eigenvalue weighted by Gasteiger charge is -2.20. The number of rotatable bonds is 6. The fraction of sp³-hybridized carbons (Fsp3) is 0.250. The minimum Gasteiger partial charge on any atom is -0.410 e. The quantitative estimate of drug-likeness (QED) is 0.271. The summed E-state index contributed by atoms with van der Waals surface area (Å²) in [6.45, 7) is 10.1. The van der Waals surface area contributed by atoms with Crippen LogP contribution >= 0.6 is 15.9 Å². The normalized spacial score (nSPS) is 11.1. The van der Waals surface area contributed by atoms with Crippen LogP contribution in [0, 0.1) is 13.8 Å². The van der Waals surface area contributed by atoms with Crippen LogP contribution in [0.3, 0.4) is 0 Å². The van der Waals surface area contributed by atoms with E-state index in [1.54, 1.807) is 4.90 Å². The van der Waals surface area contributed by atoms with Crippen molar-refractivity contribution in [2.75, 3.05) is 13.1 Å². The number of hydrogen-bond donors (Lipinski definition) is 0. The SMILES string of the molecule is CCN(CC)C(=O)Oc1ccc2c(ccn2Cc2ccccc2Br)c1-c1cc(C)cc(C)c1. The van der Waals surface area contributed by atoms with Gasteiger partial charge in [-0.25, -0.2) is 4.79 Å². The third-order valence-corrected chi connectivity index (χ3v) is 6.72. The van der Waals surface area contributed by atoms with E-state index in [2.05, 4.69) is 83.0 Å². The van der Waals surface area contributed by atoms with E-state index in [0.29, 0.717) is 18.8 Å². The number of amides is 1. The lowest BCUT2D eigenvalue weighted by molar-refractivity contribution is 0.157. The smallest absolute Gasteiger partial charge is 0.410 e. The van der Waals surface area contributed by atoms with Crippen molar-refractivity contribution in [3.8, 4) is 16.9 Å². The summed E-state index contributed by atoms with van der Waals surface area (Å²) in [5.41, 5.74) is 6.67. The van der Waals surface area contributed by atoms with Crippen molar-refractivity contribution in [3.05, 3.63) is 88.0 Å². The molecule has 5 heteroatoms. The van der Waals surface area contributed by atoms with E-state index < -0.39 is 0 Å². The van der Waals surface area contributed by atoms with Gasteiger partial charge >= 0.3 is 6.09 Å².